The van der Waals surface area contributed by atoms with Crippen LogP contribution < -0.4 is 5.32 Å². The first kappa shape index (κ1) is 16.7. The molecule has 1 aliphatic rings. The van der Waals surface area contributed by atoms with Crippen molar-refractivity contribution in [2.24, 2.45) is 7.05 Å². The van der Waals surface area contributed by atoms with Gasteiger partial charge >= 0.3 is 0 Å². The number of amides is 1. The topological polar surface area (TPSA) is 50.2 Å². The van der Waals surface area contributed by atoms with Crippen LogP contribution in [0.3, 0.4) is 0 Å². The monoisotopic (exact) mass is 326 g/mol. The molecule has 2 aromatic rings. The molecular formula is C19H26N4O. The molecule has 1 amide bonds. The van der Waals surface area contributed by atoms with Gasteiger partial charge in [0.15, 0.2) is 0 Å². The van der Waals surface area contributed by atoms with Gasteiger partial charge in [0.2, 0.25) is 5.91 Å². The number of carbonyl (C=O) groups excluding carboxylic acids is 1. The zero-order chi connectivity index (χ0) is 17.1. The van der Waals surface area contributed by atoms with E-state index in [0.717, 1.165) is 17.7 Å². The van der Waals surface area contributed by atoms with Crippen molar-refractivity contribution < 1.29 is 4.79 Å². The van der Waals surface area contributed by atoms with Crippen LogP contribution in [0.1, 0.15) is 42.5 Å². The van der Waals surface area contributed by atoms with Crippen LogP contribution in [0.4, 0.5) is 0 Å². The van der Waals surface area contributed by atoms with Crippen molar-refractivity contribution in [3.05, 3.63) is 53.3 Å². The quantitative estimate of drug-likeness (QED) is 0.851. The maximum absolute atomic E-state index is 12.5. The number of benzene rings is 1. The van der Waals surface area contributed by atoms with Crippen LogP contribution >= 0.6 is 0 Å². The molecule has 1 saturated carbocycles. The Bertz CT molecular complexity index is 688. The lowest BCUT2D eigenvalue weighted by Crippen LogP contribution is -2.39. The first-order valence-corrected chi connectivity index (χ1v) is 8.59. The van der Waals surface area contributed by atoms with Crippen molar-refractivity contribution in [3.63, 3.8) is 0 Å². The maximum Gasteiger partial charge on any atom is 0.234 e. The summed E-state index contributed by atoms with van der Waals surface area (Å²) >= 11 is 0. The average Bonchev–Trinajstić information content (AvgIpc) is 3.30. The highest BCUT2D eigenvalue weighted by atomic mass is 16.2. The zero-order valence-corrected chi connectivity index (χ0v) is 14.7. The highest BCUT2D eigenvalue weighted by molar-refractivity contribution is 5.78. The van der Waals surface area contributed by atoms with Gasteiger partial charge in [0.05, 0.1) is 18.8 Å². The Morgan fingerprint density at radius 2 is 2.08 bits per heavy atom. The fourth-order valence-electron chi connectivity index (χ4n) is 2.95. The molecule has 1 N–H and O–H groups in total. The summed E-state index contributed by atoms with van der Waals surface area (Å²) in [5.41, 5.74) is 3.52. The normalized spacial score (nSPS) is 15.5. The average molecular weight is 326 g/mol. The van der Waals surface area contributed by atoms with E-state index in [1.807, 2.05) is 26.4 Å². The van der Waals surface area contributed by atoms with Crippen LogP contribution in [0, 0.1) is 6.92 Å². The third-order valence-electron chi connectivity index (χ3n) is 4.51. The molecule has 1 aromatic heterocycles. The first-order chi connectivity index (χ1) is 11.5. The molecule has 0 aliphatic heterocycles. The van der Waals surface area contributed by atoms with Crippen molar-refractivity contribution in [2.45, 2.75) is 45.3 Å². The van der Waals surface area contributed by atoms with E-state index in [9.17, 15) is 4.79 Å². The molecule has 1 aliphatic carbocycles. The molecule has 24 heavy (non-hydrogen) atoms. The minimum atomic E-state index is 0.0255. The molecule has 5 nitrogen and oxygen atoms in total. The number of rotatable bonds is 7. The van der Waals surface area contributed by atoms with Crippen molar-refractivity contribution >= 4 is 5.91 Å². The van der Waals surface area contributed by atoms with E-state index in [1.54, 1.807) is 4.68 Å². The number of hydrogen-bond donors (Lipinski definition) is 1. The molecule has 3 rings (SSSR count). The second kappa shape index (κ2) is 7.18. The second-order valence-electron chi connectivity index (χ2n) is 6.86. The molecule has 1 aromatic carbocycles. The SMILES string of the molecule is Cc1ccc(C(C)NC(=O)CN(Cc2cnn(C)c2)C2CC2)cc1. The van der Waals surface area contributed by atoms with E-state index in [4.69, 9.17) is 0 Å². The summed E-state index contributed by atoms with van der Waals surface area (Å²) in [7, 11) is 1.92. The van der Waals surface area contributed by atoms with Crippen LogP contribution in [0.25, 0.3) is 0 Å². The number of nitrogens with zero attached hydrogens (tertiary/aromatic N) is 3. The standard InChI is InChI=1S/C19H26N4O/c1-14-4-6-17(7-5-14)15(2)21-19(24)13-23(18-8-9-18)12-16-10-20-22(3)11-16/h4-7,10-11,15,18H,8-9,12-13H2,1-3H3,(H,21,24). The van der Waals surface area contributed by atoms with E-state index in [0.29, 0.717) is 12.6 Å². The van der Waals surface area contributed by atoms with E-state index >= 15 is 0 Å². The minimum absolute atomic E-state index is 0.0255. The molecule has 0 spiro atoms. The predicted molar refractivity (Wildman–Crippen MR) is 94.4 cm³/mol. The molecule has 1 heterocycles. The number of hydrogen-bond acceptors (Lipinski definition) is 3. The van der Waals surface area contributed by atoms with Crippen LogP contribution in [0.2, 0.25) is 0 Å². The molecule has 0 bridgehead atoms. The molecule has 1 fully saturated rings. The number of aromatic nitrogens is 2. The molecule has 128 valence electrons. The second-order valence-corrected chi connectivity index (χ2v) is 6.86. The van der Waals surface area contributed by atoms with Gasteiger partial charge in [0, 0.05) is 31.4 Å². The van der Waals surface area contributed by atoms with E-state index in [-0.39, 0.29) is 11.9 Å². The fraction of sp³-hybridized carbons (Fsp3) is 0.474. The zero-order valence-electron chi connectivity index (χ0n) is 14.7. The first-order valence-electron chi connectivity index (χ1n) is 8.59. The predicted octanol–water partition coefficient (Wildman–Crippen LogP) is 2.57. The van der Waals surface area contributed by atoms with Gasteiger partial charge < -0.3 is 5.32 Å². The lowest BCUT2D eigenvalue weighted by atomic mass is 10.1. The summed E-state index contributed by atoms with van der Waals surface area (Å²) < 4.78 is 1.81. The summed E-state index contributed by atoms with van der Waals surface area (Å²) in [6.07, 6.45) is 6.26. The lowest BCUT2D eigenvalue weighted by Gasteiger charge is -2.22. The molecule has 0 radical (unpaired) electrons. The molecule has 5 heteroatoms. The van der Waals surface area contributed by atoms with E-state index in [1.165, 1.54) is 18.4 Å². The fourth-order valence-corrected chi connectivity index (χ4v) is 2.95. The van der Waals surface area contributed by atoms with Crippen molar-refractivity contribution in [2.75, 3.05) is 6.54 Å². The number of aryl methyl sites for hydroxylation is 2. The number of carbonyl (C=O) groups is 1. The highest BCUT2D eigenvalue weighted by Gasteiger charge is 2.30. The third-order valence-corrected chi connectivity index (χ3v) is 4.51. The van der Waals surface area contributed by atoms with Gasteiger partial charge in [-0.05, 0) is 32.3 Å². The molecule has 1 unspecified atom stereocenters. The van der Waals surface area contributed by atoms with Gasteiger partial charge in [-0.25, -0.2) is 0 Å². The lowest BCUT2D eigenvalue weighted by molar-refractivity contribution is -0.123. The van der Waals surface area contributed by atoms with Gasteiger partial charge in [-0.3, -0.25) is 14.4 Å². The van der Waals surface area contributed by atoms with Gasteiger partial charge in [-0.1, -0.05) is 29.8 Å². The summed E-state index contributed by atoms with van der Waals surface area (Å²) in [5, 5.41) is 7.33. The maximum atomic E-state index is 12.5. The summed E-state index contributed by atoms with van der Waals surface area (Å²) in [5.74, 6) is 0.0823. The largest absolute Gasteiger partial charge is 0.348 e. The van der Waals surface area contributed by atoms with Gasteiger partial charge in [-0.15, -0.1) is 0 Å². The molecule has 1 atom stereocenters. The molecule has 0 saturated heterocycles. The summed E-state index contributed by atoms with van der Waals surface area (Å²) in [4.78, 5) is 14.7. The van der Waals surface area contributed by atoms with Gasteiger partial charge in [0.1, 0.15) is 0 Å². The Morgan fingerprint density at radius 1 is 1.38 bits per heavy atom. The van der Waals surface area contributed by atoms with E-state index in [2.05, 4.69) is 46.5 Å². The minimum Gasteiger partial charge on any atom is -0.348 e. The molecular weight excluding hydrogens is 300 g/mol. The Morgan fingerprint density at radius 3 is 2.67 bits per heavy atom. The summed E-state index contributed by atoms with van der Waals surface area (Å²) in [6.45, 7) is 5.32. The van der Waals surface area contributed by atoms with Gasteiger partial charge in [0.25, 0.3) is 0 Å². The summed E-state index contributed by atoms with van der Waals surface area (Å²) in [6, 6.07) is 8.87. The smallest absolute Gasteiger partial charge is 0.234 e. The van der Waals surface area contributed by atoms with Crippen molar-refractivity contribution in [3.8, 4) is 0 Å². The Labute approximate surface area is 143 Å². The van der Waals surface area contributed by atoms with Crippen LogP contribution in [-0.4, -0.2) is 33.2 Å². The van der Waals surface area contributed by atoms with Crippen LogP contribution in [0.15, 0.2) is 36.7 Å². The Hall–Kier alpha value is -2.14. The van der Waals surface area contributed by atoms with Crippen molar-refractivity contribution in [1.29, 1.82) is 0 Å². The van der Waals surface area contributed by atoms with Gasteiger partial charge in [-0.2, -0.15) is 5.10 Å². The van der Waals surface area contributed by atoms with Crippen molar-refractivity contribution in [1.82, 2.24) is 20.0 Å². The Balaban J connectivity index is 1.56. The van der Waals surface area contributed by atoms with E-state index < -0.39 is 0 Å². The van der Waals surface area contributed by atoms with Crippen LogP contribution in [-0.2, 0) is 18.4 Å². The highest BCUT2D eigenvalue weighted by Crippen LogP contribution is 2.28. The number of nitrogens with one attached hydrogen (secondary N) is 1. The Kier molecular flexibility index (Phi) is 5.00. The van der Waals surface area contributed by atoms with Crippen LogP contribution in [0.5, 0.6) is 0 Å². The third kappa shape index (κ3) is 4.45.